The van der Waals surface area contributed by atoms with Crippen LogP contribution >= 0.6 is 0 Å². The van der Waals surface area contributed by atoms with Crippen molar-refractivity contribution in [2.75, 3.05) is 59.6 Å². The standard InChI is InChI=1S/C12H27N3O2/c1-17-11-12(3-2-4-13)15-7-5-14(6-8-15)9-10-16/h12,16H,2-11,13H2,1H3. The zero-order chi connectivity index (χ0) is 12.5. The fraction of sp³-hybridized carbons (Fsp3) is 1.00. The van der Waals surface area contributed by atoms with E-state index in [1.165, 1.54) is 0 Å². The number of rotatable bonds is 8. The Labute approximate surface area is 105 Å². The van der Waals surface area contributed by atoms with Crippen molar-refractivity contribution in [3.63, 3.8) is 0 Å². The molecule has 1 unspecified atom stereocenters. The summed E-state index contributed by atoms with van der Waals surface area (Å²) in [5.74, 6) is 0. The second-order valence-electron chi connectivity index (χ2n) is 4.64. The summed E-state index contributed by atoms with van der Waals surface area (Å²) >= 11 is 0. The number of piperazine rings is 1. The lowest BCUT2D eigenvalue weighted by Gasteiger charge is -2.39. The average Bonchev–Trinajstić information content (AvgIpc) is 2.36. The highest BCUT2D eigenvalue weighted by Gasteiger charge is 2.22. The minimum Gasteiger partial charge on any atom is -0.395 e. The van der Waals surface area contributed by atoms with E-state index in [1.54, 1.807) is 7.11 Å². The Morgan fingerprint density at radius 3 is 2.53 bits per heavy atom. The van der Waals surface area contributed by atoms with E-state index in [2.05, 4.69) is 9.80 Å². The van der Waals surface area contributed by atoms with Gasteiger partial charge in [0, 0.05) is 45.9 Å². The van der Waals surface area contributed by atoms with Crippen LogP contribution in [0.4, 0.5) is 0 Å². The molecule has 0 aliphatic carbocycles. The topological polar surface area (TPSA) is 62.0 Å². The minimum absolute atomic E-state index is 0.259. The van der Waals surface area contributed by atoms with Gasteiger partial charge in [-0.2, -0.15) is 0 Å². The summed E-state index contributed by atoms with van der Waals surface area (Å²) in [5, 5.41) is 8.90. The van der Waals surface area contributed by atoms with Gasteiger partial charge >= 0.3 is 0 Å². The zero-order valence-corrected chi connectivity index (χ0v) is 11.0. The van der Waals surface area contributed by atoms with Crippen LogP contribution in [0.5, 0.6) is 0 Å². The molecule has 0 saturated carbocycles. The van der Waals surface area contributed by atoms with Gasteiger partial charge in [-0.05, 0) is 19.4 Å². The SMILES string of the molecule is COCC(CCCN)N1CCN(CCO)CC1. The second-order valence-corrected chi connectivity index (χ2v) is 4.64. The third kappa shape index (κ3) is 5.31. The van der Waals surface area contributed by atoms with Crippen LogP contribution in [0, 0.1) is 0 Å². The first-order valence-electron chi connectivity index (χ1n) is 6.58. The van der Waals surface area contributed by atoms with E-state index >= 15 is 0 Å². The molecule has 0 spiro atoms. The molecule has 17 heavy (non-hydrogen) atoms. The number of hydrogen-bond donors (Lipinski definition) is 2. The van der Waals surface area contributed by atoms with Gasteiger partial charge in [-0.25, -0.2) is 0 Å². The molecule has 0 aromatic rings. The van der Waals surface area contributed by atoms with E-state index in [-0.39, 0.29) is 6.61 Å². The summed E-state index contributed by atoms with van der Waals surface area (Å²) in [4.78, 5) is 4.80. The first-order chi connectivity index (χ1) is 8.31. The number of methoxy groups -OCH3 is 1. The Morgan fingerprint density at radius 1 is 1.29 bits per heavy atom. The average molecular weight is 245 g/mol. The molecule has 0 bridgehead atoms. The summed E-state index contributed by atoms with van der Waals surface area (Å²) in [6.45, 7) is 6.83. The third-order valence-electron chi connectivity index (χ3n) is 3.44. The van der Waals surface area contributed by atoms with Crippen molar-refractivity contribution >= 4 is 0 Å². The van der Waals surface area contributed by atoms with Gasteiger partial charge in [-0.15, -0.1) is 0 Å². The molecule has 0 aromatic carbocycles. The van der Waals surface area contributed by atoms with Gasteiger partial charge in [0.25, 0.3) is 0 Å². The minimum atomic E-state index is 0.259. The van der Waals surface area contributed by atoms with Gasteiger partial charge in [0.15, 0.2) is 0 Å². The normalized spacial score (nSPS) is 20.6. The molecule has 102 valence electrons. The monoisotopic (exact) mass is 245 g/mol. The Balaban J connectivity index is 2.31. The first-order valence-corrected chi connectivity index (χ1v) is 6.58. The highest BCUT2D eigenvalue weighted by Crippen LogP contribution is 2.11. The smallest absolute Gasteiger partial charge is 0.0618 e. The summed E-state index contributed by atoms with van der Waals surface area (Å²) in [6.07, 6.45) is 2.18. The van der Waals surface area contributed by atoms with E-state index in [0.29, 0.717) is 6.04 Å². The van der Waals surface area contributed by atoms with Crippen LogP contribution in [0.2, 0.25) is 0 Å². The van der Waals surface area contributed by atoms with Gasteiger partial charge in [-0.1, -0.05) is 0 Å². The highest BCUT2D eigenvalue weighted by molar-refractivity contribution is 4.78. The molecule has 1 aliphatic rings. The van der Waals surface area contributed by atoms with Gasteiger partial charge < -0.3 is 15.6 Å². The molecule has 1 atom stereocenters. The number of aliphatic hydroxyl groups excluding tert-OH is 1. The molecular weight excluding hydrogens is 218 g/mol. The van der Waals surface area contributed by atoms with Crippen LogP contribution in [0.25, 0.3) is 0 Å². The summed E-state index contributed by atoms with van der Waals surface area (Å²) in [7, 11) is 1.76. The van der Waals surface area contributed by atoms with E-state index < -0.39 is 0 Å². The summed E-state index contributed by atoms with van der Waals surface area (Å²) in [5.41, 5.74) is 5.57. The van der Waals surface area contributed by atoms with Crippen molar-refractivity contribution in [1.29, 1.82) is 0 Å². The van der Waals surface area contributed by atoms with E-state index in [9.17, 15) is 0 Å². The van der Waals surface area contributed by atoms with Crippen molar-refractivity contribution in [3.8, 4) is 0 Å². The van der Waals surface area contributed by atoms with Crippen molar-refractivity contribution in [1.82, 2.24) is 9.80 Å². The van der Waals surface area contributed by atoms with Crippen LogP contribution in [0.3, 0.4) is 0 Å². The number of ether oxygens (including phenoxy) is 1. The molecule has 0 amide bonds. The van der Waals surface area contributed by atoms with Crippen molar-refractivity contribution in [3.05, 3.63) is 0 Å². The first kappa shape index (κ1) is 14.9. The molecule has 1 aliphatic heterocycles. The maximum absolute atomic E-state index is 8.90. The van der Waals surface area contributed by atoms with Gasteiger partial charge in [0.2, 0.25) is 0 Å². The Hall–Kier alpha value is -0.200. The maximum atomic E-state index is 8.90. The zero-order valence-electron chi connectivity index (χ0n) is 11.0. The highest BCUT2D eigenvalue weighted by atomic mass is 16.5. The van der Waals surface area contributed by atoms with Crippen molar-refractivity contribution in [2.45, 2.75) is 18.9 Å². The number of nitrogens with zero attached hydrogens (tertiary/aromatic N) is 2. The van der Waals surface area contributed by atoms with E-state index in [0.717, 1.165) is 58.7 Å². The third-order valence-corrected chi connectivity index (χ3v) is 3.44. The van der Waals surface area contributed by atoms with Gasteiger partial charge in [-0.3, -0.25) is 9.80 Å². The largest absolute Gasteiger partial charge is 0.395 e. The molecule has 1 saturated heterocycles. The molecule has 1 heterocycles. The molecule has 0 radical (unpaired) electrons. The Bertz CT molecular complexity index is 185. The van der Waals surface area contributed by atoms with Crippen LogP contribution in [-0.4, -0.2) is 80.5 Å². The van der Waals surface area contributed by atoms with Crippen molar-refractivity contribution < 1.29 is 9.84 Å². The molecule has 1 rings (SSSR count). The van der Waals surface area contributed by atoms with Crippen LogP contribution in [-0.2, 0) is 4.74 Å². The van der Waals surface area contributed by atoms with Crippen LogP contribution < -0.4 is 5.73 Å². The lowest BCUT2D eigenvalue weighted by Crippen LogP contribution is -2.52. The molecule has 3 N–H and O–H groups in total. The molecule has 1 fully saturated rings. The number of aliphatic hydroxyl groups is 1. The maximum Gasteiger partial charge on any atom is 0.0618 e. The number of nitrogens with two attached hydrogens (primary N) is 1. The Kier molecular flexibility index (Phi) is 7.72. The fourth-order valence-electron chi connectivity index (χ4n) is 2.41. The van der Waals surface area contributed by atoms with Crippen LogP contribution in [0.15, 0.2) is 0 Å². The van der Waals surface area contributed by atoms with E-state index in [1.807, 2.05) is 0 Å². The predicted molar refractivity (Wildman–Crippen MR) is 69.1 cm³/mol. The Morgan fingerprint density at radius 2 is 2.00 bits per heavy atom. The molecular formula is C12H27N3O2. The quantitative estimate of drug-likeness (QED) is 0.595. The number of β-amino-alcohol motifs (C(OH)–C–C–N with tert-alkyl or cyclic N) is 1. The second kappa shape index (κ2) is 8.83. The lowest BCUT2D eigenvalue weighted by molar-refractivity contribution is 0.0407. The lowest BCUT2D eigenvalue weighted by atomic mass is 10.1. The van der Waals surface area contributed by atoms with Gasteiger partial charge in [0.1, 0.15) is 0 Å². The molecule has 5 heteroatoms. The summed E-state index contributed by atoms with van der Waals surface area (Å²) < 4.78 is 5.29. The van der Waals surface area contributed by atoms with Gasteiger partial charge in [0.05, 0.1) is 13.2 Å². The van der Waals surface area contributed by atoms with Crippen LogP contribution in [0.1, 0.15) is 12.8 Å². The molecule has 5 nitrogen and oxygen atoms in total. The summed E-state index contributed by atoms with van der Waals surface area (Å²) in [6, 6.07) is 0.500. The molecule has 0 aromatic heterocycles. The number of hydrogen-bond acceptors (Lipinski definition) is 5. The van der Waals surface area contributed by atoms with E-state index in [4.69, 9.17) is 15.6 Å². The van der Waals surface area contributed by atoms with Crippen molar-refractivity contribution in [2.24, 2.45) is 5.73 Å². The predicted octanol–water partition coefficient (Wildman–Crippen LogP) is -0.650. The fourth-order valence-corrected chi connectivity index (χ4v) is 2.41.